The summed E-state index contributed by atoms with van der Waals surface area (Å²) in [6.07, 6.45) is 0. The average Bonchev–Trinajstić information content (AvgIpc) is 2.64. The zero-order chi connectivity index (χ0) is 17.2. The van der Waals surface area contributed by atoms with Gasteiger partial charge in [0.15, 0.2) is 0 Å². The highest BCUT2D eigenvalue weighted by Crippen LogP contribution is 2.12. The minimum absolute atomic E-state index is 0.0396. The largest absolute Gasteiger partial charge is 0.354 e. The van der Waals surface area contributed by atoms with E-state index in [-0.39, 0.29) is 24.4 Å². The minimum Gasteiger partial charge on any atom is -0.354 e. The quantitative estimate of drug-likeness (QED) is 0.731. The first-order valence-corrected chi connectivity index (χ1v) is 8.02. The van der Waals surface area contributed by atoms with Gasteiger partial charge in [0.1, 0.15) is 0 Å². The molecular formula is C19H23N3O2. The van der Waals surface area contributed by atoms with Crippen molar-refractivity contribution in [2.75, 3.05) is 13.1 Å². The van der Waals surface area contributed by atoms with Crippen molar-refractivity contribution in [1.29, 1.82) is 0 Å². The third-order valence-corrected chi connectivity index (χ3v) is 3.68. The molecule has 2 aromatic rings. The third kappa shape index (κ3) is 6.12. The number of amides is 3. The van der Waals surface area contributed by atoms with E-state index in [1.54, 1.807) is 0 Å². The fourth-order valence-electron chi connectivity index (χ4n) is 2.23. The maximum absolute atomic E-state index is 11.8. The fraction of sp³-hybridized carbons (Fsp3) is 0.263. The summed E-state index contributed by atoms with van der Waals surface area (Å²) >= 11 is 0. The van der Waals surface area contributed by atoms with Gasteiger partial charge in [-0.15, -0.1) is 0 Å². The molecule has 2 rings (SSSR count). The van der Waals surface area contributed by atoms with Crippen LogP contribution < -0.4 is 16.0 Å². The fourth-order valence-corrected chi connectivity index (χ4v) is 2.23. The van der Waals surface area contributed by atoms with Crippen molar-refractivity contribution < 1.29 is 9.59 Å². The van der Waals surface area contributed by atoms with Crippen molar-refractivity contribution >= 4 is 11.9 Å². The Hall–Kier alpha value is -2.82. The molecule has 3 N–H and O–H groups in total. The maximum atomic E-state index is 11.8. The van der Waals surface area contributed by atoms with Crippen molar-refractivity contribution in [2.24, 2.45) is 0 Å². The Labute approximate surface area is 142 Å². The van der Waals surface area contributed by atoms with Gasteiger partial charge in [0.2, 0.25) is 5.91 Å². The first kappa shape index (κ1) is 17.5. The molecule has 24 heavy (non-hydrogen) atoms. The summed E-state index contributed by atoms with van der Waals surface area (Å²) in [7, 11) is 0. The van der Waals surface area contributed by atoms with Crippen molar-refractivity contribution in [1.82, 2.24) is 16.0 Å². The minimum atomic E-state index is -0.356. The van der Waals surface area contributed by atoms with E-state index >= 15 is 0 Å². The van der Waals surface area contributed by atoms with Gasteiger partial charge < -0.3 is 16.0 Å². The van der Waals surface area contributed by atoms with Crippen LogP contribution in [0.15, 0.2) is 60.7 Å². The summed E-state index contributed by atoms with van der Waals surface area (Å²) in [6.45, 7) is 2.98. The third-order valence-electron chi connectivity index (χ3n) is 3.68. The Balaban J connectivity index is 1.63. The number of carbonyl (C=O) groups is 2. The predicted octanol–water partition coefficient (Wildman–Crippen LogP) is 2.41. The molecule has 126 valence electrons. The maximum Gasteiger partial charge on any atom is 0.315 e. The van der Waals surface area contributed by atoms with Crippen LogP contribution in [0.5, 0.6) is 0 Å². The molecule has 1 unspecified atom stereocenters. The Morgan fingerprint density at radius 2 is 1.50 bits per heavy atom. The van der Waals surface area contributed by atoms with E-state index < -0.39 is 0 Å². The second kappa shape index (κ2) is 9.35. The summed E-state index contributed by atoms with van der Waals surface area (Å²) in [5.74, 6) is 0.0229. The predicted molar refractivity (Wildman–Crippen MR) is 94.5 cm³/mol. The summed E-state index contributed by atoms with van der Waals surface area (Å²) in [5, 5.41) is 8.10. The number of hydrogen-bond donors (Lipinski definition) is 3. The van der Waals surface area contributed by atoms with Crippen LogP contribution in [0.4, 0.5) is 4.79 Å². The van der Waals surface area contributed by atoms with E-state index in [2.05, 4.69) is 22.9 Å². The molecule has 0 aromatic heterocycles. The van der Waals surface area contributed by atoms with Gasteiger partial charge >= 0.3 is 6.03 Å². The number of urea groups is 1. The van der Waals surface area contributed by atoms with Crippen LogP contribution in [0, 0.1) is 0 Å². The first-order chi connectivity index (χ1) is 11.6. The lowest BCUT2D eigenvalue weighted by Crippen LogP contribution is -2.42. The number of carbonyl (C=O) groups excluding carboxylic acids is 2. The SMILES string of the molecule is CC(CNC(=O)CNC(=O)NCc1ccccc1)c1ccccc1. The second-order valence-corrected chi connectivity index (χ2v) is 5.64. The first-order valence-electron chi connectivity index (χ1n) is 8.02. The highest BCUT2D eigenvalue weighted by molar-refractivity contribution is 5.83. The number of benzene rings is 2. The van der Waals surface area contributed by atoms with Crippen LogP contribution >= 0.6 is 0 Å². The lowest BCUT2D eigenvalue weighted by atomic mass is 10.0. The molecule has 0 aliphatic carbocycles. The Kier molecular flexibility index (Phi) is 6.83. The van der Waals surface area contributed by atoms with Crippen LogP contribution in [-0.4, -0.2) is 25.0 Å². The van der Waals surface area contributed by atoms with Crippen molar-refractivity contribution in [3.05, 3.63) is 71.8 Å². The molecule has 2 aromatic carbocycles. The highest BCUT2D eigenvalue weighted by Gasteiger charge is 2.08. The lowest BCUT2D eigenvalue weighted by molar-refractivity contribution is -0.120. The van der Waals surface area contributed by atoms with Crippen LogP contribution in [0.25, 0.3) is 0 Å². The Bertz CT molecular complexity index is 644. The molecule has 5 nitrogen and oxygen atoms in total. The molecule has 0 aliphatic heterocycles. The summed E-state index contributed by atoms with van der Waals surface area (Å²) in [6, 6.07) is 19.2. The monoisotopic (exact) mass is 325 g/mol. The highest BCUT2D eigenvalue weighted by atomic mass is 16.2. The molecule has 5 heteroatoms. The normalized spacial score (nSPS) is 11.4. The van der Waals surface area contributed by atoms with Gasteiger partial charge in [-0.2, -0.15) is 0 Å². The van der Waals surface area contributed by atoms with Crippen molar-refractivity contribution in [3.63, 3.8) is 0 Å². The molecule has 0 bridgehead atoms. The molecule has 0 aliphatic rings. The molecule has 0 saturated carbocycles. The molecule has 1 atom stereocenters. The Morgan fingerprint density at radius 3 is 2.17 bits per heavy atom. The van der Waals surface area contributed by atoms with Crippen LogP contribution in [-0.2, 0) is 11.3 Å². The van der Waals surface area contributed by atoms with E-state index in [1.165, 1.54) is 5.56 Å². The lowest BCUT2D eigenvalue weighted by Gasteiger charge is -2.13. The van der Waals surface area contributed by atoms with E-state index in [4.69, 9.17) is 0 Å². The molecule has 0 heterocycles. The van der Waals surface area contributed by atoms with Gasteiger partial charge in [0.25, 0.3) is 0 Å². The molecular weight excluding hydrogens is 302 g/mol. The average molecular weight is 325 g/mol. The van der Waals surface area contributed by atoms with Crippen molar-refractivity contribution in [3.8, 4) is 0 Å². The van der Waals surface area contributed by atoms with Gasteiger partial charge in [0.05, 0.1) is 6.54 Å². The molecule has 3 amide bonds. The van der Waals surface area contributed by atoms with Crippen LogP contribution in [0.1, 0.15) is 24.0 Å². The second-order valence-electron chi connectivity index (χ2n) is 5.64. The summed E-state index contributed by atoms with van der Waals surface area (Å²) in [5.41, 5.74) is 2.18. The van der Waals surface area contributed by atoms with Crippen LogP contribution in [0.3, 0.4) is 0 Å². The number of hydrogen-bond acceptors (Lipinski definition) is 2. The molecule has 0 radical (unpaired) electrons. The van der Waals surface area contributed by atoms with Gasteiger partial charge in [-0.25, -0.2) is 4.79 Å². The summed E-state index contributed by atoms with van der Waals surface area (Å²) < 4.78 is 0. The van der Waals surface area contributed by atoms with Crippen LogP contribution in [0.2, 0.25) is 0 Å². The van der Waals surface area contributed by atoms with Gasteiger partial charge in [-0.3, -0.25) is 4.79 Å². The van der Waals surface area contributed by atoms with Gasteiger partial charge in [0, 0.05) is 13.1 Å². The zero-order valence-corrected chi connectivity index (χ0v) is 13.8. The van der Waals surface area contributed by atoms with Gasteiger partial charge in [-0.1, -0.05) is 67.6 Å². The van der Waals surface area contributed by atoms with Crippen molar-refractivity contribution in [2.45, 2.75) is 19.4 Å². The number of nitrogens with one attached hydrogen (secondary N) is 3. The van der Waals surface area contributed by atoms with E-state index in [0.717, 1.165) is 5.56 Å². The van der Waals surface area contributed by atoms with E-state index in [9.17, 15) is 9.59 Å². The van der Waals surface area contributed by atoms with Gasteiger partial charge in [-0.05, 0) is 17.0 Å². The molecule has 0 fully saturated rings. The standard InChI is InChI=1S/C19H23N3O2/c1-15(17-10-6-3-7-11-17)12-20-18(23)14-22-19(24)21-13-16-8-4-2-5-9-16/h2-11,15H,12-14H2,1H3,(H,20,23)(H2,21,22,24). The topological polar surface area (TPSA) is 70.2 Å². The zero-order valence-electron chi connectivity index (χ0n) is 13.8. The smallest absolute Gasteiger partial charge is 0.315 e. The number of rotatable bonds is 7. The molecule has 0 saturated heterocycles. The molecule has 0 spiro atoms. The van der Waals surface area contributed by atoms with E-state index in [0.29, 0.717) is 13.1 Å². The Morgan fingerprint density at radius 1 is 0.875 bits per heavy atom. The van der Waals surface area contributed by atoms with E-state index in [1.807, 2.05) is 60.7 Å². The summed E-state index contributed by atoms with van der Waals surface area (Å²) in [4.78, 5) is 23.5.